The largest absolute Gasteiger partial charge is 0.497 e. The third-order valence-electron chi connectivity index (χ3n) is 4.51. The summed E-state index contributed by atoms with van der Waals surface area (Å²) in [5.74, 6) is 0.597. The molecule has 26 heavy (non-hydrogen) atoms. The van der Waals surface area contributed by atoms with E-state index in [-0.39, 0.29) is 18.2 Å². The van der Waals surface area contributed by atoms with Gasteiger partial charge in [-0.05, 0) is 41.8 Å². The maximum Gasteiger partial charge on any atom is 0.245 e. The molecule has 1 unspecified atom stereocenters. The molecule has 3 N–H and O–H groups in total. The average Bonchev–Trinajstić information content (AvgIpc) is 2.97. The first-order valence-corrected chi connectivity index (χ1v) is 8.60. The van der Waals surface area contributed by atoms with Gasteiger partial charge in [-0.2, -0.15) is 0 Å². The zero-order valence-corrected chi connectivity index (χ0v) is 14.8. The Hall–Kier alpha value is -3.02. The zero-order chi connectivity index (χ0) is 18.5. The molecule has 2 amide bonds. The van der Waals surface area contributed by atoms with Crippen LogP contribution in [0, 0.1) is 0 Å². The number of carbonyl (C=O) groups excluding carboxylic acids is 2. The molecular weight excluding hydrogens is 330 g/mol. The van der Waals surface area contributed by atoms with E-state index >= 15 is 0 Å². The van der Waals surface area contributed by atoms with E-state index in [0.29, 0.717) is 25.2 Å². The van der Waals surface area contributed by atoms with Gasteiger partial charge in [0.25, 0.3) is 0 Å². The maximum atomic E-state index is 12.5. The summed E-state index contributed by atoms with van der Waals surface area (Å²) in [6.45, 7) is 1.17. The highest BCUT2D eigenvalue weighted by molar-refractivity contribution is 5.89. The third kappa shape index (κ3) is 4.33. The Morgan fingerprint density at radius 3 is 2.46 bits per heavy atom. The lowest BCUT2D eigenvalue weighted by atomic mass is 10.1. The van der Waals surface area contributed by atoms with Gasteiger partial charge in [0.2, 0.25) is 11.8 Å². The van der Waals surface area contributed by atoms with Crippen molar-refractivity contribution in [3.05, 3.63) is 59.7 Å². The van der Waals surface area contributed by atoms with E-state index in [2.05, 4.69) is 5.32 Å². The van der Waals surface area contributed by atoms with Crippen LogP contribution in [0.1, 0.15) is 17.5 Å². The van der Waals surface area contributed by atoms with Crippen LogP contribution in [0.3, 0.4) is 0 Å². The Balaban J connectivity index is 1.53. The summed E-state index contributed by atoms with van der Waals surface area (Å²) in [4.78, 5) is 26.5. The van der Waals surface area contributed by atoms with Crippen molar-refractivity contribution >= 4 is 17.5 Å². The van der Waals surface area contributed by atoms with Gasteiger partial charge < -0.3 is 20.7 Å². The van der Waals surface area contributed by atoms with E-state index in [4.69, 9.17) is 10.5 Å². The number of nitrogens with zero attached hydrogens (tertiary/aromatic N) is 1. The van der Waals surface area contributed by atoms with Gasteiger partial charge in [-0.15, -0.1) is 0 Å². The Kier molecular flexibility index (Phi) is 5.41. The monoisotopic (exact) mass is 353 g/mol. The lowest BCUT2D eigenvalue weighted by Gasteiger charge is -2.17. The van der Waals surface area contributed by atoms with E-state index in [1.807, 2.05) is 36.4 Å². The molecule has 1 heterocycles. The lowest BCUT2D eigenvalue weighted by Crippen LogP contribution is -2.41. The van der Waals surface area contributed by atoms with E-state index in [0.717, 1.165) is 16.9 Å². The molecule has 6 nitrogen and oxygen atoms in total. The van der Waals surface area contributed by atoms with Crippen LogP contribution < -0.4 is 15.8 Å². The number of nitrogens with two attached hydrogens (primary N) is 1. The van der Waals surface area contributed by atoms with Gasteiger partial charge in [0.1, 0.15) is 11.8 Å². The van der Waals surface area contributed by atoms with Crippen LogP contribution in [0.4, 0.5) is 5.69 Å². The number of benzene rings is 2. The van der Waals surface area contributed by atoms with Gasteiger partial charge in [-0.3, -0.25) is 9.59 Å². The molecule has 1 aliphatic heterocycles. The zero-order valence-electron chi connectivity index (χ0n) is 14.8. The SMILES string of the molecule is COc1ccc(CN2CCC(NC(=O)Cc3ccc(N)cc3)C2=O)cc1. The van der Waals surface area contributed by atoms with Crippen molar-refractivity contribution < 1.29 is 14.3 Å². The number of rotatable bonds is 6. The van der Waals surface area contributed by atoms with Crippen molar-refractivity contribution in [1.29, 1.82) is 0 Å². The minimum absolute atomic E-state index is 0.0357. The molecule has 136 valence electrons. The van der Waals surface area contributed by atoms with Crippen LogP contribution in [-0.2, 0) is 22.6 Å². The summed E-state index contributed by atoms with van der Waals surface area (Å²) in [5, 5.41) is 2.84. The number of nitrogens with one attached hydrogen (secondary N) is 1. The minimum Gasteiger partial charge on any atom is -0.497 e. The second-order valence-corrected chi connectivity index (χ2v) is 6.44. The highest BCUT2D eigenvalue weighted by Gasteiger charge is 2.32. The first kappa shape index (κ1) is 17.8. The summed E-state index contributed by atoms with van der Waals surface area (Å²) in [6.07, 6.45) is 0.866. The number of carbonyl (C=O) groups is 2. The van der Waals surface area contributed by atoms with Crippen LogP contribution in [-0.4, -0.2) is 36.4 Å². The Morgan fingerprint density at radius 1 is 1.15 bits per heavy atom. The standard InChI is InChI=1S/C20H23N3O3/c1-26-17-8-4-15(5-9-17)13-23-11-10-18(20(23)25)22-19(24)12-14-2-6-16(21)7-3-14/h2-9,18H,10-13,21H2,1H3,(H,22,24). The van der Waals surface area contributed by atoms with E-state index in [9.17, 15) is 9.59 Å². The van der Waals surface area contributed by atoms with Crippen molar-refractivity contribution in [2.45, 2.75) is 25.4 Å². The summed E-state index contributed by atoms with van der Waals surface area (Å²) < 4.78 is 5.14. The molecule has 0 bridgehead atoms. The summed E-state index contributed by atoms with van der Waals surface area (Å²) in [7, 11) is 1.62. The number of methoxy groups -OCH3 is 1. The normalized spacial score (nSPS) is 16.6. The van der Waals surface area contributed by atoms with Crippen LogP contribution in [0.5, 0.6) is 5.75 Å². The molecule has 2 aromatic rings. The molecule has 0 spiro atoms. The lowest BCUT2D eigenvalue weighted by molar-refractivity contribution is -0.132. The second kappa shape index (κ2) is 7.91. The number of likely N-dealkylation sites (tertiary alicyclic amines) is 1. The molecule has 1 atom stereocenters. The van der Waals surface area contributed by atoms with Crippen molar-refractivity contribution in [1.82, 2.24) is 10.2 Å². The second-order valence-electron chi connectivity index (χ2n) is 6.44. The number of amides is 2. The molecule has 1 fully saturated rings. The molecule has 0 aromatic heterocycles. The maximum absolute atomic E-state index is 12.5. The van der Waals surface area contributed by atoms with Crippen molar-refractivity contribution in [2.75, 3.05) is 19.4 Å². The molecule has 0 aliphatic carbocycles. The summed E-state index contributed by atoms with van der Waals surface area (Å²) >= 11 is 0. The molecule has 3 rings (SSSR count). The number of hydrogen-bond donors (Lipinski definition) is 2. The minimum atomic E-state index is -0.450. The molecule has 6 heteroatoms. The van der Waals surface area contributed by atoms with E-state index < -0.39 is 6.04 Å². The molecule has 0 radical (unpaired) electrons. The number of nitrogen functional groups attached to an aromatic ring is 1. The smallest absolute Gasteiger partial charge is 0.245 e. The predicted octanol–water partition coefficient (Wildman–Crippen LogP) is 1.74. The molecule has 2 aromatic carbocycles. The van der Waals surface area contributed by atoms with Gasteiger partial charge in [0.05, 0.1) is 13.5 Å². The molecule has 0 saturated carbocycles. The van der Waals surface area contributed by atoms with Gasteiger partial charge in [0, 0.05) is 18.8 Å². The third-order valence-corrected chi connectivity index (χ3v) is 4.51. The fourth-order valence-electron chi connectivity index (χ4n) is 3.05. The van der Waals surface area contributed by atoms with Gasteiger partial charge in [-0.25, -0.2) is 0 Å². The fraction of sp³-hybridized carbons (Fsp3) is 0.300. The quantitative estimate of drug-likeness (QED) is 0.775. The van der Waals surface area contributed by atoms with Crippen LogP contribution in [0.2, 0.25) is 0 Å². The van der Waals surface area contributed by atoms with Crippen LogP contribution in [0.15, 0.2) is 48.5 Å². The van der Waals surface area contributed by atoms with Crippen LogP contribution in [0.25, 0.3) is 0 Å². The van der Waals surface area contributed by atoms with E-state index in [1.165, 1.54) is 0 Å². The Morgan fingerprint density at radius 2 is 1.81 bits per heavy atom. The summed E-state index contributed by atoms with van der Waals surface area (Å²) in [5.41, 5.74) is 8.21. The fourth-order valence-corrected chi connectivity index (χ4v) is 3.05. The van der Waals surface area contributed by atoms with Crippen molar-refractivity contribution in [2.24, 2.45) is 0 Å². The highest BCUT2D eigenvalue weighted by atomic mass is 16.5. The molecule has 1 aliphatic rings. The van der Waals surface area contributed by atoms with Crippen molar-refractivity contribution in [3.63, 3.8) is 0 Å². The van der Waals surface area contributed by atoms with Gasteiger partial charge in [-0.1, -0.05) is 24.3 Å². The summed E-state index contributed by atoms with van der Waals surface area (Å²) in [6, 6.07) is 14.4. The number of anilines is 1. The number of hydrogen-bond acceptors (Lipinski definition) is 4. The van der Waals surface area contributed by atoms with Gasteiger partial charge in [0.15, 0.2) is 0 Å². The first-order chi connectivity index (χ1) is 12.5. The predicted molar refractivity (Wildman–Crippen MR) is 99.5 cm³/mol. The highest BCUT2D eigenvalue weighted by Crippen LogP contribution is 2.18. The molecule has 1 saturated heterocycles. The van der Waals surface area contributed by atoms with Crippen molar-refractivity contribution in [3.8, 4) is 5.75 Å². The average molecular weight is 353 g/mol. The Bertz CT molecular complexity index is 772. The topological polar surface area (TPSA) is 84.7 Å². The first-order valence-electron chi connectivity index (χ1n) is 8.60. The number of ether oxygens (including phenoxy) is 1. The Labute approximate surface area is 152 Å². The van der Waals surface area contributed by atoms with Crippen LogP contribution >= 0.6 is 0 Å². The van der Waals surface area contributed by atoms with E-state index in [1.54, 1.807) is 24.1 Å². The molecular formula is C20H23N3O3. The van der Waals surface area contributed by atoms with Gasteiger partial charge >= 0.3 is 0 Å².